The molecule has 6 heteroatoms. The standard InChI is InChI=1S/C21H35N3S3/c1-5-14-24(2)19-17(8-6-7-13-21(19,26-3)27-4)15-23-20(25)16-9-11-18(22)12-10-16/h9-12,17,19H,5-8,13-15,22H2,1-4H3,(H,23,25). The van der Waals surface area contributed by atoms with Crippen molar-refractivity contribution in [2.24, 2.45) is 5.92 Å². The molecular weight excluding hydrogens is 390 g/mol. The van der Waals surface area contributed by atoms with Gasteiger partial charge in [0.1, 0.15) is 4.99 Å². The van der Waals surface area contributed by atoms with Crippen molar-refractivity contribution < 1.29 is 0 Å². The zero-order chi connectivity index (χ0) is 19.9. The Morgan fingerprint density at radius 3 is 2.52 bits per heavy atom. The third-order valence-corrected chi connectivity index (χ3v) is 9.34. The van der Waals surface area contributed by atoms with E-state index in [4.69, 9.17) is 18.0 Å². The number of hydrogen-bond acceptors (Lipinski definition) is 5. The minimum Gasteiger partial charge on any atom is -0.399 e. The van der Waals surface area contributed by atoms with E-state index < -0.39 is 0 Å². The molecule has 3 N–H and O–H groups in total. The Morgan fingerprint density at radius 1 is 1.26 bits per heavy atom. The minimum absolute atomic E-state index is 0.260. The van der Waals surface area contributed by atoms with Crippen LogP contribution in [0.25, 0.3) is 0 Å². The molecule has 2 unspecified atom stereocenters. The van der Waals surface area contributed by atoms with Crippen LogP contribution in [-0.2, 0) is 0 Å². The highest BCUT2D eigenvalue weighted by Crippen LogP contribution is 2.48. The molecule has 0 aromatic heterocycles. The largest absolute Gasteiger partial charge is 0.399 e. The predicted octanol–water partition coefficient (Wildman–Crippen LogP) is 4.86. The van der Waals surface area contributed by atoms with Gasteiger partial charge in [-0.15, -0.1) is 23.5 Å². The molecule has 0 spiro atoms. The Labute approximate surface area is 179 Å². The topological polar surface area (TPSA) is 41.3 Å². The SMILES string of the molecule is CCCN(C)C1C(CNC(=S)c2ccc(N)cc2)CCCCC1(SC)SC. The van der Waals surface area contributed by atoms with Crippen LogP contribution in [0.5, 0.6) is 0 Å². The van der Waals surface area contributed by atoms with Crippen molar-refractivity contribution in [2.75, 3.05) is 38.4 Å². The maximum atomic E-state index is 5.80. The lowest BCUT2D eigenvalue weighted by Gasteiger charge is -2.46. The lowest BCUT2D eigenvalue weighted by atomic mass is 9.92. The molecule has 0 heterocycles. The molecule has 2 atom stereocenters. The highest BCUT2D eigenvalue weighted by atomic mass is 32.2. The Morgan fingerprint density at radius 2 is 1.93 bits per heavy atom. The van der Waals surface area contributed by atoms with E-state index in [0.29, 0.717) is 12.0 Å². The van der Waals surface area contributed by atoms with Crippen LogP contribution in [0.4, 0.5) is 5.69 Å². The fraction of sp³-hybridized carbons (Fsp3) is 0.667. The fourth-order valence-electron chi connectivity index (χ4n) is 4.33. The van der Waals surface area contributed by atoms with Crippen LogP contribution in [0.2, 0.25) is 0 Å². The molecule has 0 saturated heterocycles. The van der Waals surface area contributed by atoms with Gasteiger partial charge in [-0.25, -0.2) is 0 Å². The van der Waals surface area contributed by atoms with Crippen LogP contribution >= 0.6 is 35.7 Å². The first kappa shape index (κ1) is 22.9. The lowest BCUT2D eigenvalue weighted by Crippen LogP contribution is -2.53. The third-order valence-electron chi connectivity index (χ3n) is 5.69. The van der Waals surface area contributed by atoms with Gasteiger partial charge in [0.05, 0.1) is 4.08 Å². The van der Waals surface area contributed by atoms with Crippen molar-refractivity contribution in [3.8, 4) is 0 Å². The number of nitrogens with one attached hydrogen (secondary N) is 1. The fourth-order valence-corrected chi connectivity index (χ4v) is 7.14. The lowest BCUT2D eigenvalue weighted by molar-refractivity contribution is 0.162. The molecule has 1 aromatic rings. The van der Waals surface area contributed by atoms with Gasteiger partial charge in [0.15, 0.2) is 0 Å². The van der Waals surface area contributed by atoms with Crippen LogP contribution < -0.4 is 11.1 Å². The van der Waals surface area contributed by atoms with Crippen molar-refractivity contribution in [3.63, 3.8) is 0 Å². The summed E-state index contributed by atoms with van der Waals surface area (Å²) >= 11 is 9.76. The van der Waals surface area contributed by atoms with Gasteiger partial charge >= 0.3 is 0 Å². The van der Waals surface area contributed by atoms with Gasteiger partial charge in [-0.1, -0.05) is 32.0 Å². The summed E-state index contributed by atoms with van der Waals surface area (Å²) in [7, 11) is 2.31. The summed E-state index contributed by atoms with van der Waals surface area (Å²) in [6, 6.07) is 8.39. The second kappa shape index (κ2) is 10.9. The number of nitrogens with zero attached hydrogens (tertiary/aromatic N) is 1. The molecule has 1 aromatic carbocycles. The molecule has 0 aliphatic heterocycles. The second-order valence-corrected chi connectivity index (χ2v) is 10.4. The number of thiocarbonyl (C=S) groups is 1. The number of hydrogen-bond donors (Lipinski definition) is 2. The van der Waals surface area contributed by atoms with E-state index in [9.17, 15) is 0 Å². The Hall–Kier alpha value is -0.430. The number of anilines is 1. The van der Waals surface area contributed by atoms with Gasteiger partial charge in [-0.05, 0) is 75.5 Å². The van der Waals surface area contributed by atoms with Crippen molar-refractivity contribution in [3.05, 3.63) is 29.8 Å². The van der Waals surface area contributed by atoms with Gasteiger partial charge in [-0.3, -0.25) is 0 Å². The number of rotatable bonds is 8. The molecule has 0 amide bonds. The van der Waals surface area contributed by atoms with Gasteiger partial charge in [0, 0.05) is 23.8 Å². The smallest absolute Gasteiger partial charge is 0.106 e. The molecular formula is C21H35N3S3. The number of nitrogen functional groups attached to an aromatic ring is 1. The maximum Gasteiger partial charge on any atom is 0.106 e. The number of benzene rings is 1. The summed E-state index contributed by atoms with van der Waals surface area (Å²) in [6.45, 7) is 4.35. The second-order valence-electron chi connectivity index (χ2n) is 7.48. The van der Waals surface area contributed by atoms with Crippen LogP contribution in [0.1, 0.15) is 44.6 Å². The molecule has 27 heavy (non-hydrogen) atoms. The molecule has 152 valence electrons. The highest BCUT2D eigenvalue weighted by Gasteiger charge is 2.45. The normalized spacial score (nSPS) is 22.4. The summed E-state index contributed by atoms with van der Waals surface area (Å²) < 4.78 is 0.260. The summed E-state index contributed by atoms with van der Waals surface area (Å²) in [6.07, 6.45) is 10.9. The number of thioether (sulfide) groups is 2. The summed E-state index contributed by atoms with van der Waals surface area (Å²) in [5.41, 5.74) is 7.62. The van der Waals surface area contributed by atoms with Gasteiger partial charge in [0.25, 0.3) is 0 Å². The van der Waals surface area contributed by atoms with Crippen LogP contribution in [0, 0.1) is 5.92 Å². The first-order chi connectivity index (χ1) is 13.0. The molecule has 0 radical (unpaired) electrons. The molecule has 1 saturated carbocycles. The van der Waals surface area contributed by atoms with Crippen molar-refractivity contribution in [2.45, 2.75) is 49.1 Å². The van der Waals surface area contributed by atoms with Gasteiger partial charge < -0.3 is 16.0 Å². The van der Waals surface area contributed by atoms with E-state index in [2.05, 4.69) is 60.2 Å². The zero-order valence-electron chi connectivity index (χ0n) is 17.2. The average molecular weight is 426 g/mol. The highest BCUT2D eigenvalue weighted by molar-refractivity contribution is 8.17. The molecule has 1 fully saturated rings. The predicted molar refractivity (Wildman–Crippen MR) is 129 cm³/mol. The van der Waals surface area contributed by atoms with Crippen LogP contribution in [0.15, 0.2) is 24.3 Å². The van der Waals surface area contributed by atoms with Crippen molar-refractivity contribution >= 4 is 46.4 Å². The van der Waals surface area contributed by atoms with E-state index in [-0.39, 0.29) is 4.08 Å². The van der Waals surface area contributed by atoms with E-state index in [1.165, 1.54) is 32.1 Å². The third kappa shape index (κ3) is 5.78. The first-order valence-electron chi connectivity index (χ1n) is 9.91. The summed E-state index contributed by atoms with van der Waals surface area (Å²) in [5, 5.41) is 3.57. The quantitative estimate of drug-likeness (QED) is 0.268. The first-order valence-corrected chi connectivity index (χ1v) is 12.8. The monoisotopic (exact) mass is 425 g/mol. The molecule has 3 nitrogen and oxygen atoms in total. The molecule has 1 aliphatic carbocycles. The minimum atomic E-state index is 0.260. The van der Waals surface area contributed by atoms with Gasteiger partial charge in [0.2, 0.25) is 0 Å². The van der Waals surface area contributed by atoms with E-state index in [1.54, 1.807) is 0 Å². The van der Waals surface area contributed by atoms with Crippen LogP contribution in [0.3, 0.4) is 0 Å². The zero-order valence-corrected chi connectivity index (χ0v) is 19.6. The Balaban J connectivity index is 2.17. The Kier molecular flexibility index (Phi) is 9.26. The maximum absolute atomic E-state index is 5.80. The van der Waals surface area contributed by atoms with Crippen molar-refractivity contribution in [1.29, 1.82) is 0 Å². The molecule has 1 aliphatic rings. The Bertz CT molecular complexity index is 587. The van der Waals surface area contributed by atoms with E-state index in [0.717, 1.165) is 29.3 Å². The molecule has 0 bridgehead atoms. The summed E-state index contributed by atoms with van der Waals surface area (Å²) in [4.78, 5) is 3.44. The van der Waals surface area contributed by atoms with E-state index in [1.807, 2.05) is 24.3 Å². The van der Waals surface area contributed by atoms with Gasteiger partial charge in [-0.2, -0.15) is 0 Å². The van der Waals surface area contributed by atoms with Crippen LogP contribution in [-0.4, -0.2) is 52.7 Å². The average Bonchev–Trinajstić information content (AvgIpc) is 2.86. The molecule has 2 rings (SSSR count). The number of nitrogens with two attached hydrogens (primary N) is 1. The van der Waals surface area contributed by atoms with E-state index >= 15 is 0 Å². The summed E-state index contributed by atoms with van der Waals surface area (Å²) in [5.74, 6) is 0.593. The van der Waals surface area contributed by atoms with Crippen molar-refractivity contribution in [1.82, 2.24) is 10.2 Å².